The molecule has 0 saturated carbocycles. The lowest BCUT2D eigenvalue weighted by Crippen LogP contribution is -2.42. The average molecular weight is 282 g/mol. The van der Waals surface area contributed by atoms with Crippen molar-refractivity contribution >= 4 is 11.9 Å². The second-order valence-corrected chi connectivity index (χ2v) is 6.20. The van der Waals surface area contributed by atoms with Crippen LogP contribution in [0.4, 0.5) is 0 Å². The van der Waals surface area contributed by atoms with Gasteiger partial charge in [-0.15, -0.1) is 0 Å². The Morgan fingerprint density at radius 1 is 1.20 bits per heavy atom. The first-order chi connectivity index (χ1) is 9.65. The summed E-state index contributed by atoms with van der Waals surface area (Å²) in [5.41, 5.74) is 0. The zero-order chi connectivity index (χ0) is 14.4. The Kier molecular flexibility index (Phi) is 5.83. The fourth-order valence-corrected chi connectivity index (χ4v) is 3.33. The zero-order valence-electron chi connectivity index (χ0n) is 12.1. The molecule has 0 radical (unpaired) electrons. The number of carboxylic acid groups (broad SMARTS) is 1. The number of nitrogens with one attached hydrogen (secondary N) is 1. The summed E-state index contributed by atoms with van der Waals surface area (Å²) in [6.45, 7) is 3.64. The number of hydrogen-bond acceptors (Lipinski definition) is 3. The largest absolute Gasteiger partial charge is 0.481 e. The van der Waals surface area contributed by atoms with Crippen LogP contribution in [0.3, 0.4) is 0 Å². The number of likely N-dealkylation sites (tertiary alicyclic amines) is 1. The molecule has 114 valence electrons. The van der Waals surface area contributed by atoms with Crippen LogP contribution in [0.5, 0.6) is 0 Å². The van der Waals surface area contributed by atoms with E-state index in [1.54, 1.807) is 0 Å². The highest BCUT2D eigenvalue weighted by molar-refractivity contribution is 5.76. The Balaban J connectivity index is 1.75. The fourth-order valence-electron chi connectivity index (χ4n) is 3.33. The Morgan fingerprint density at radius 2 is 2.00 bits per heavy atom. The van der Waals surface area contributed by atoms with E-state index in [2.05, 4.69) is 5.32 Å². The summed E-state index contributed by atoms with van der Waals surface area (Å²) in [6, 6.07) is 0. The van der Waals surface area contributed by atoms with Gasteiger partial charge in [0.05, 0.1) is 0 Å². The van der Waals surface area contributed by atoms with Crippen LogP contribution in [-0.4, -0.2) is 48.1 Å². The van der Waals surface area contributed by atoms with E-state index in [1.165, 1.54) is 6.42 Å². The molecule has 1 amide bonds. The topological polar surface area (TPSA) is 69.6 Å². The highest BCUT2D eigenvalue weighted by atomic mass is 16.4. The molecule has 2 aliphatic rings. The van der Waals surface area contributed by atoms with Crippen LogP contribution in [0.2, 0.25) is 0 Å². The van der Waals surface area contributed by atoms with Crippen molar-refractivity contribution in [1.82, 2.24) is 10.2 Å². The van der Waals surface area contributed by atoms with E-state index in [0.717, 1.165) is 45.4 Å². The highest BCUT2D eigenvalue weighted by Gasteiger charge is 2.26. The van der Waals surface area contributed by atoms with Crippen LogP contribution in [0, 0.1) is 11.8 Å². The maximum atomic E-state index is 12.3. The predicted octanol–water partition coefficient (Wildman–Crippen LogP) is 1.48. The SMILES string of the molecule is O=C(O)CCC1CCCN(C(=O)CC2CCCNC2)C1. The van der Waals surface area contributed by atoms with Crippen LogP contribution in [-0.2, 0) is 9.59 Å². The molecular weight excluding hydrogens is 256 g/mol. The summed E-state index contributed by atoms with van der Waals surface area (Å²) in [7, 11) is 0. The number of piperidine rings is 2. The van der Waals surface area contributed by atoms with Gasteiger partial charge < -0.3 is 15.3 Å². The molecule has 2 N–H and O–H groups in total. The van der Waals surface area contributed by atoms with Crippen LogP contribution in [0.15, 0.2) is 0 Å². The van der Waals surface area contributed by atoms with Crippen molar-refractivity contribution in [2.75, 3.05) is 26.2 Å². The van der Waals surface area contributed by atoms with Gasteiger partial charge in [0.1, 0.15) is 0 Å². The van der Waals surface area contributed by atoms with Crippen LogP contribution in [0.1, 0.15) is 44.9 Å². The molecule has 0 aromatic heterocycles. The Labute approximate surface area is 120 Å². The summed E-state index contributed by atoms with van der Waals surface area (Å²) in [6.07, 6.45) is 5.96. The predicted molar refractivity (Wildman–Crippen MR) is 76.4 cm³/mol. The first-order valence-corrected chi connectivity index (χ1v) is 7.85. The molecule has 0 bridgehead atoms. The Hall–Kier alpha value is -1.10. The summed E-state index contributed by atoms with van der Waals surface area (Å²) < 4.78 is 0. The van der Waals surface area contributed by atoms with Crippen molar-refractivity contribution < 1.29 is 14.7 Å². The lowest BCUT2D eigenvalue weighted by molar-refractivity contribution is -0.137. The third-order valence-corrected chi connectivity index (χ3v) is 4.50. The minimum absolute atomic E-state index is 0.221. The van der Waals surface area contributed by atoms with E-state index in [1.807, 2.05) is 4.90 Å². The quantitative estimate of drug-likeness (QED) is 0.801. The second-order valence-electron chi connectivity index (χ2n) is 6.20. The van der Waals surface area contributed by atoms with Crippen molar-refractivity contribution in [2.45, 2.75) is 44.9 Å². The van der Waals surface area contributed by atoms with Gasteiger partial charge in [-0.1, -0.05) is 0 Å². The van der Waals surface area contributed by atoms with Gasteiger partial charge in [-0.05, 0) is 57.0 Å². The molecule has 2 atom stereocenters. The van der Waals surface area contributed by atoms with E-state index in [-0.39, 0.29) is 12.3 Å². The summed E-state index contributed by atoms with van der Waals surface area (Å²) in [4.78, 5) is 24.9. The number of carbonyl (C=O) groups is 2. The smallest absolute Gasteiger partial charge is 0.303 e. The van der Waals surface area contributed by atoms with E-state index in [4.69, 9.17) is 5.11 Å². The number of rotatable bonds is 5. The molecule has 5 heteroatoms. The number of aliphatic carboxylic acids is 1. The molecule has 5 nitrogen and oxygen atoms in total. The maximum Gasteiger partial charge on any atom is 0.303 e. The lowest BCUT2D eigenvalue weighted by atomic mass is 9.91. The molecule has 2 rings (SSSR count). The third kappa shape index (κ3) is 4.78. The second kappa shape index (κ2) is 7.62. The summed E-state index contributed by atoms with van der Waals surface area (Å²) in [5.74, 6) is 0.379. The lowest BCUT2D eigenvalue weighted by Gasteiger charge is -2.34. The van der Waals surface area contributed by atoms with E-state index in [9.17, 15) is 9.59 Å². The van der Waals surface area contributed by atoms with Crippen molar-refractivity contribution in [1.29, 1.82) is 0 Å². The van der Waals surface area contributed by atoms with Gasteiger partial charge in [-0.2, -0.15) is 0 Å². The maximum absolute atomic E-state index is 12.3. The van der Waals surface area contributed by atoms with E-state index in [0.29, 0.717) is 24.7 Å². The number of hydrogen-bond donors (Lipinski definition) is 2. The van der Waals surface area contributed by atoms with Gasteiger partial charge >= 0.3 is 5.97 Å². The summed E-state index contributed by atoms with van der Waals surface area (Å²) in [5, 5.41) is 12.1. The van der Waals surface area contributed by atoms with E-state index < -0.39 is 5.97 Å². The van der Waals surface area contributed by atoms with Crippen molar-refractivity contribution in [2.24, 2.45) is 11.8 Å². The standard InChI is InChI=1S/C15H26N2O3/c18-14(9-13-3-1-7-16-10-13)17-8-2-4-12(11-17)5-6-15(19)20/h12-13,16H,1-11H2,(H,19,20). The Morgan fingerprint density at radius 3 is 2.70 bits per heavy atom. The van der Waals surface area contributed by atoms with Gasteiger partial charge in [-0.25, -0.2) is 0 Å². The summed E-state index contributed by atoms with van der Waals surface area (Å²) >= 11 is 0. The average Bonchev–Trinajstić information content (AvgIpc) is 2.46. The van der Waals surface area contributed by atoms with E-state index >= 15 is 0 Å². The Bertz CT molecular complexity index is 340. The van der Waals surface area contributed by atoms with Gasteiger partial charge in [-0.3, -0.25) is 9.59 Å². The first kappa shape index (κ1) is 15.3. The number of carbonyl (C=O) groups excluding carboxylic acids is 1. The van der Waals surface area contributed by atoms with Gasteiger partial charge in [0.25, 0.3) is 0 Å². The molecule has 2 saturated heterocycles. The molecule has 2 unspecified atom stereocenters. The van der Waals surface area contributed by atoms with Crippen LogP contribution in [0.25, 0.3) is 0 Å². The zero-order valence-corrected chi connectivity index (χ0v) is 12.1. The van der Waals surface area contributed by atoms with Crippen molar-refractivity contribution in [3.63, 3.8) is 0 Å². The van der Waals surface area contributed by atoms with Gasteiger partial charge in [0.15, 0.2) is 0 Å². The molecule has 0 aromatic rings. The number of amides is 1. The van der Waals surface area contributed by atoms with Crippen molar-refractivity contribution in [3.8, 4) is 0 Å². The first-order valence-electron chi connectivity index (χ1n) is 7.85. The molecule has 2 aliphatic heterocycles. The van der Waals surface area contributed by atoms with Gasteiger partial charge in [0.2, 0.25) is 5.91 Å². The fraction of sp³-hybridized carbons (Fsp3) is 0.867. The molecule has 20 heavy (non-hydrogen) atoms. The van der Waals surface area contributed by atoms with Crippen LogP contribution < -0.4 is 5.32 Å². The highest BCUT2D eigenvalue weighted by Crippen LogP contribution is 2.23. The number of nitrogens with zero attached hydrogens (tertiary/aromatic N) is 1. The minimum atomic E-state index is -0.735. The molecule has 2 heterocycles. The molecule has 0 spiro atoms. The number of carboxylic acids is 1. The monoisotopic (exact) mass is 282 g/mol. The molecule has 0 aliphatic carbocycles. The normalized spacial score (nSPS) is 27.3. The molecule has 0 aromatic carbocycles. The third-order valence-electron chi connectivity index (χ3n) is 4.50. The molecule has 2 fully saturated rings. The van der Waals surface area contributed by atoms with Crippen LogP contribution >= 0.6 is 0 Å². The minimum Gasteiger partial charge on any atom is -0.481 e. The van der Waals surface area contributed by atoms with Gasteiger partial charge in [0, 0.05) is 25.9 Å². The molecular formula is C15H26N2O3. The van der Waals surface area contributed by atoms with Crippen molar-refractivity contribution in [3.05, 3.63) is 0 Å².